The molecule has 4 nitrogen and oxygen atoms in total. The molecule has 2 aliphatic rings. The monoisotopic (exact) mass is 346 g/mol. The molecule has 0 N–H and O–H groups in total. The maximum Gasteiger partial charge on any atom is 0.254 e. The van der Waals surface area contributed by atoms with Crippen LogP contribution in [0.25, 0.3) is 0 Å². The number of carbonyl (C=O) groups excluding carboxylic acids is 2. The molecule has 2 saturated heterocycles. The van der Waals surface area contributed by atoms with Crippen LogP contribution in [-0.2, 0) is 4.79 Å². The highest BCUT2D eigenvalue weighted by molar-refractivity contribution is 8.00. The Balaban J connectivity index is 1.70. The molecule has 0 aliphatic carbocycles. The molecular weight excluding hydrogens is 320 g/mol. The van der Waals surface area contributed by atoms with Crippen molar-refractivity contribution in [2.45, 2.75) is 44.4 Å². The van der Waals surface area contributed by atoms with Gasteiger partial charge in [0.25, 0.3) is 5.91 Å². The van der Waals surface area contributed by atoms with E-state index in [2.05, 4.69) is 4.90 Å². The fourth-order valence-electron chi connectivity index (χ4n) is 3.64. The lowest BCUT2D eigenvalue weighted by atomic mass is 10.00. The fraction of sp³-hybridized carbons (Fsp3) is 0.579. The molecule has 0 aromatic heterocycles. The van der Waals surface area contributed by atoms with Gasteiger partial charge in [-0.25, -0.2) is 0 Å². The largest absolute Gasteiger partial charge is 0.342 e. The lowest BCUT2D eigenvalue weighted by Gasteiger charge is -2.44. The molecule has 1 spiro atoms. The predicted octanol–water partition coefficient (Wildman–Crippen LogP) is 3.30. The number of thioether (sulfide) groups is 1. The Hall–Kier alpha value is -1.49. The highest BCUT2D eigenvalue weighted by Gasteiger charge is 2.46. The maximum absolute atomic E-state index is 13.0. The summed E-state index contributed by atoms with van der Waals surface area (Å²) < 4.78 is 0. The SMILES string of the molecule is CCCC(=O)N1CCC2(CC1)SCCN2C(=O)c1ccc(C)cc1. The van der Waals surface area contributed by atoms with Crippen molar-refractivity contribution < 1.29 is 9.59 Å². The number of carbonyl (C=O) groups is 2. The molecule has 0 unspecified atom stereocenters. The highest BCUT2D eigenvalue weighted by Crippen LogP contribution is 2.44. The van der Waals surface area contributed by atoms with Crippen LogP contribution in [0.1, 0.15) is 48.5 Å². The summed E-state index contributed by atoms with van der Waals surface area (Å²) in [5, 5.41) is 0. The van der Waals surface area contributed by atoms with Crippen LogP contribution < -0.4 is 0 Å². The number of piperidine rings is 1. The van der Waals surface area contributed by atoms with E-state index in [1.54, 1.807) is 0 Å². The van der Waals surface area contributed by atoms with Crippen molar-refractivity contribution >= 4 is 23.6 Å². The van der Waals surface area contributed by atoms with E-state index in [0.717, 1.165) is 50.2 Å². The summed E-state index contributed by atoms with van der Waals surface area (Å²) in [5.41, 5.74) is 1.94. The number of hydrogen-bond donors (Lipinski definition) is 0. The van der Waals surface area contributed by atoms with Crippen molar-refractivity contribution in [3.63, 3.8) is 0 Å². The number of hydrogen-bond acceptors (Lipinski definition) is 3. The van der Waals surface area contributed by atoms with Crippen molar-refractivity contribution in [2.24, 2.45) is 0 Å². The molecule has 24 heavy (non-hydrogen) atoms. The van der Waals surface area contributed by atoms with Gasteiger partial charge in [0.15, 0.2) is 0 Å². The van der Waals surface area contributed by atoms with Gasteiger partial charge in [0.2, 0.25) is 5.91 Å². The molecule has 3 rings (SSSR count). The zero-order valence-corrected chi connectivity index (χ0v) is 15.4. The minimum atomic E-state index is -0.120. The molecule has 0 atom stereocenters. The van der Waals surface area contributed by atoms with E-state index in [1.165, 1.54) is 5.56 Å². The Morgan fingerprint density at radius 3 is 2.42 bits per heavy atom. The standard InChI is InChI=1S/C19H26N2O2S/c1-3-4-17(22)20-11-9-19(10-12-20)21(13-14-24-19)18(23)16-7-5-15(2)6-8-16/h5-8H,3-4,9-14H2,1-2H3. The second-order valence-corrected chi connectivity index (χ2v) is 8.21. The quantitative estimate of drug-likeness (QED) is 0.843. The van der Waals surface area contributed by atoms with E-state index in [-0.39, 0.29) is 16.7 Å². The Kier molecular flexibility index (Phi) is 5.18. The fourth-order valence-corrected chi connectivity index (χ4v) is 5.09. The summed E-state index contributed by atoms with van der Waals surface area (Å²) in [7, 11) is 0. The van der Waals surface area contributed by atoms with Crippen LogP contribution in [-0.4, -0.2) is 51.9 Å². The number of aryl methyl sites for hydroxylation is 1. The van der Waals surface area contributed by atoms with Crippen molar-refractivity contribution in [1.29, 1.82) is 0 Å². The molecule has 2 aliphatic heterocycles. The second kappa shape index (κ2) is 7.18. The molecule has 2 fully saturated rings. The summed E-state index contributed by atoms with van der Waals surface area (Å²) in [4.78, 5) is 29.0. The van der Waals surface area contributed by atoms with Gasteiger partial charge in [-0.15, -0.1) is 11.8 Å². The molecule has 0 saturated carbocycles. The third-order valence-corrected chi connectivity index (χ3v) is 6.64. The van der Waals surface area contributed by atoms with Gasteiger partial charge in [0.05, 0.1) is 4.87 Å². The Bertz CT molecular complexity index is 606. The van der Waals surface area contributed by atoms with Crippen LogP contribution in [0.4, 0.5) is 0 Å². The molecular formula is C19H26N2O2S. The zero-order valence-electron chi connectivity index (χ0n) is 14.6. The van der Waals surface area contributed by atoms with Gasteiger partial charge in [-0.2, -0.15) is 0 Å². The number of amides is 2. The van der Waals surface area contributed by atoms with Gasteiger partial charge in [-0.3, -0.25) is 9.59 Å². The number of nitrogens with zero attached hydrogens (tertiary/aromatic N) is 2. The van der Waals surface area contributed by atoms with E-state index < -0.39 is 0 Å². The van der Waals surface area contributed by atoms with Crippen LogP contribution in [0.2, 0.25) is 0 Å². The molecule has 1 aromatic rings. The molecule has 0 bridgehead atoms. The second-order valence-electron chi connectivity index (χ2n) is 6.75. The van der Waals surface area contributed by atoms with E-state index in [1.807, 2.05) is 54.8 Å². The van der Waals surface area contributed by atoms with Gasteiger partial charge in [-0.05, 0) is 38.3 Å². The maximum atomic E-state index is 13.0. The summed E-state index contributed by atoms with van der Waals surface area (Å²) >= 11 is 1.89. The van der Waals surface area contributed by atoms with Crippen LogP contribution in [0.15, 0.2) is 24.3 Å². The van der Waals surface area contributed by atoms with E-state index in [4.69, 9.17) is 0 Å². The number of rotatable bonds is 3. The topological polar surface area (TPSA) is 40.6 Å². The van der Waals surface area contributed by atoms with Crippen molar-refractivity contribution in [1.82, 2.24) is 9.80 Å². The van der Waals surface area contributed by atoms with Gasteiger partial charge < -0.3 is 9.80 Å². The molecule has 130 valence electrons. The summed E-state index contributed by atoms with van der Waals surface area (Å²) in [6.07, 6.45) is 3.29. The van der Waals surface area contributed by atoms with Crippen LogP contribution in [0.3, 0.4) is 0 Å². The van der Waals surface area contributed by atoms with E-state index in [9.17, 15) is 9.59 Å². The van der Waals surface area contributed by atoms with Crippen molar-refractivity contribution in [3.8, 4) is 0 Å². The third kappa shape index (κ3) is 3.32. The minimum Gasteiger partial charge on any atom is -0.342 e. The van der Waals surface area contributed by atoms with E-state index in [0.29, 0.717) is 6.42 Å². The molecule has 2 heterocycles. The minimum absolute atomic E-state index is 0.120. The van der Waals surface area contributed by atoms with Gasteiger partial charge in [-0.1, -0.05) is 24.6 Å². The molecule has 0 radical (unpaired) electrons. The van der Waals surface area contributed by atoms with Gasteiger partial charge >= 0.3 is 0 Å². The summed E-state index contributed by atoms with van der Waals surface area (Å²) in [6, 6.07) is 7.84. The third-order valence-electron chi connectivity index (χ3n) is 5.08. The predicted molar refractivity (Wildman–Crippen MR) is 98.1 cm³/mol. The van der Waals surface area contributed by atoms with Crippen LogP contribution in [0.5, 0.6) is 0 Å². The van der Waals surface area contributed by atoms with E-state index >= 15 is 0 Å². The lowest BCUT2D eigenvalue weighted by Crippen LogP contribution is -2.53. The molecule has 5 heteroatoms. The Morgan fingerprint density at radius 2 is 1.79 bits per heavy atom. The Morgan fingerprint density at radius 1 is 1.12 bits per heavy atom. The van der Waals surface area contributed by atoms with Crippen LogP contribution in [0, 0.1) is 6.92 Å². The molecule has 1 aromatic carbocycles. The number of benzene rings is 1. The average Bonchev–Trinajstić information content (AvgIpc) is 2.99. The van der Waals surface area contributed by atoms with Crippen LogP contribution >= 0.6 is 11.8 Å². The first-order valence-corrected chi connectivity index (χ1v) is 9.85. The Labute approximate surface area is 148 Å². The van der Waals surface area contributed by atoms with Crippen molar-refractivity contribution in [3.05, 3.63) is 35.4 Å². The summed E-state index contributed by atoms with van der Waals surface area (Å²) in [5.74, 6) is 1.38. The first-order chi connectivity index (χ1) is 11.6. The van der Waals surface area contributed by atoms with Gasteiger partial charge in [0, 0.05) is 37.4 Å². The lowest BCUT2D eigenvalue weighted by molar-refractivity contribution is -0.132. The van der Waals surface area contributed by atoms with Crippen molar-refractivity contribution in [2.75, 3.05) is 25.4 Å². The zero-order chi connectivity index (χ0) is 17.2. The highest BCUT2D eigenvalue weighted by atomic mass is 32.2. The first kappa shape index (κ1) is 17.3. The first-order valence-electron chi connectivity index (χ1n) is 8.86. The van der Waals surface area contributed by atoms with Gasteiger partial charge in [0.1, 0.15) is 0 Å². The normalized spacial score (nSPS) is 19.8. The average molecular weight is 346 g/mol. The summed E-state index contributed by atoms with van der Waals surface area (Å²) in [6.45, 7) is 6.41. The molecule has 2 amide bonds. The smallest absolute Gasteiger partial charge is 0.254 e. The number of likely N-dealkylation sites (tertiary alicyclic amines) is 1.